The van der Waals surface area contributed by atoms with Gasteiger partial charge in [-0.15, -0.1) is 0 Å². The maximum absolute atomic E-state index is 11.5. The number of aliphatic imine (C=N–C) groups is 1. The maximum Gasteiger partial charge on any atom is 0.191 e. The number of benzene rings is 2. The van der Waals surface area contributed by atoms with Crippen molar-refractivity contribution < 1.29 is 8.42 Å². The van der Waals surface area contributed by atoms with Gasteiger partial charge in [0.15, 0.2) is 15.8 Å². The summed E-state index contributed by atoms with van der Waals surface area (Å²) in [7, 11) is -3.14. The molecule has 0 fully saturated rings. The highest BCUT2D eigenvalue weighted by atomic mass is 32.2. The molecule has 0 amide bonds. The Labute approximate surface area is 179 Å². The highest BCUT2D eigenvalue weighted by Crippen LogP contribution is 2.13. The van der Waals surface area contributed by atoms with Gasteiger partial charge in [0.25, 0.3) is 0 Å². The zero-order valence-electron chi connectivity index (χ0n) is 17.4. The van der Waals surface area contributed by atoms with E-state index in [1.165, 1.54) is 17.4 Å². The first-order valence-electron chi connectivity index (χ1n) is 9.83. The van der Waals surface area contributed by atoms with E-state index >= 15 is 0 Å². The Morgan fingerprint density at radius 1 is 1.00 bits per heavy atom. The summed E-state index contributed by atoms with van der Waals surface area (Å²) in [5.74, 6) is 2.79. The predicted molar refractivity (Wildman–Crippen MR) is 125 cm³/mol. The second-order valence-electron chi connectivity index (χ2n) is 6.89. The first kappa shape index (κ1) is 23.3. The number of nitrogens with zero attached hydrogens (tertiary/aromatic N) is 1. The minimum absolute atomic E-state index is 0.354. The van der Waals surface area contributed by atoms with Crippen LogP contribution in [0, 0.1) is 6.92 Å². The minimum Gasteiger partial charge on any atom is -0.357 e. The van der Waals surface area contributed by atoms with Crippen LogP contribution in [0.1, 0.15) is 23.6 Å². The summed E-state index contributed by atoms with van der Waals surface area (Å²) in [6, 6.07) is 15.7. The Kier molecular flexibility index (Phi) is 9.54. The van der Waals surface area contributed by atoms with Crippen molar-refractivity contribution in [3.05, 3.63) is 65.2 Å². The molecule has 0 heterocycles. The van der Waals surface area contributed by atoms with Gasteiger partial charge >= 0.3 is 0 Å². The largest absolute Gasteiger partial charge is 0.357 e. The van der Waals surface area contributed by atoms with Gasteiger partial charge in [-0.2, -0.15) is 11.8 Å². The van der Waals surface area contributed by atoms with E-state index in [0.717, 1.165) is 49.1 Å². The summed E-state index contributed by atoms with van der Waals surface area (Å²) in [5.41, 5.74) is 3.72. The third kappa shape index (κ3) is 8.92. The molecule has 158 valence electrons. The van der Waals surface area contributed by atoms with Crippen LogP contribution in [-0.2, 0) is 22.0 Å². The SMILES string of the molecule is CCNC(=NCCSCc1ccc(C)cc1)NCCc1ccc(S(C)(=O)=O)cc1. The number of nitrogens with one attached hydrogen (secondary N) is 2. The zero-order chi connectivity index (χ0) is 21.1. The number of hydrogen-bond donors (Lipinski definition) is 2. The number of aryl methyl sites for hydroxylation is 1. The standard InChI is InChI=1S/C22H31N3O2S2/c1-4-23-22(25-15-16-28-17-20-7-5-18(2)6-8-20)24-14-13-19-9-11-21(12-10-19)29(3,26)27/h5-12H,4,13-17H2,1-3H3,(H2,23,24,25). The van der Waals surface area contributed by atoms with Gasteiger partial charge in [-0.05, 0) is 43.5 Å². The molecule has 2 aromatic rings. The van der Waals surface area contributed by atoms with Crippen LogP contribution in [0.4, 0.5) is 0 Å². The summed E-state index contributed by atoms with van der Waals surface area (Å²) in [4.78, 5) is 4.98. The molecule has 7 heteroatoms. The average molecular weight is 434 g/mol. The zero-order valence-corrected chi connectivity index (χ0v) is 19.1. The molecule has 0 aliphatic carbocycles. The molecule has 2 rings (SSSR count). The lowest BCUT2D eigenvalue weighted by Gasteiger charge is -2.11. The van der Waals surface area contributed by atoms with E-state index in [-0.39, 0.29) is 0 Å². The normalized spacial score (nSPS) is 12.0. The van der Waals surface area contributed by atoms with Crippen molar-refractivity contribution in [3.8, 4) is 0 Å². The van der Waals surface area contributed by atoms with Crippen molar-refractivity contribution >= 4 is 27.6 Å². The van der Waals surface area contributed by atoms with E-state index in [2.05, 4.69) is 46.8 Å². The fourth-order valence-corrected chi connectivity index (χ4v) is 4.09. The lowest BCUT2D eigenvalue weighted by atomic mass is 10.1. The molecule has 0 saturated carbocycles. The van der Waals surface area contributed by atoms with Crippen molar-refractivity contribution in [2.24, 2.45) is 4.99 Å². The topological polar surface area (TPSA) is 70.6 Å². The summed E-state index contributed by atoms with van der Waals surface area (Å²) >= 11 is 1.88. The molecule has 0 atom stereocenters. The maximum atomic E-state index is 11.5. The van der Waals surface area contributed by atoms with Crippen LogP contribution in [0.25, 0.3) is 0 Å². The van der Waals surface area contributed by atoms with E-state index in [0.29, 0.717) is 4.90 Å². The lowest BCUT2D eigenvalue weighted by molar-refractivity contribution is 0.602. The van der Waals surface area contributed by atoms with Crippen LogP contribution in [0.2, 0.25) is 0 Å². The van der Waals surface area contributed by atoms with E-state index in [1.807, 2.05) is 30.8 Å². The van der Waals surface area contributed by atoms with Crippen LogP contribution in [0.5, 0.6) is 0 Å². The molecule has 2 aromatic carbocycles. The fraction of sp³-hybridized carbons (Fsp3) is 0.409. The average Bonchev–Trinajstić information content (AvgIpc) is 2.69. The molecule has 0 spiro atoms. The van der Waals surface area contributed by atoms with E-state index in [1.54, 1.807) is 12.1 Å². The smallest absolute Gasteiger partial charge is 0.191 e. The molecule has 0 radical (unpaired) electrons. The van der Waals surface area contributed by atoms with E-state index < -0.39 is 9.84 Å². The van der Waals surface area contributed by atoms with Gasteiger partial charge in [-0.25, -0.2) is 8.42 Å². The van der Waals surface area contributed by atoms with Gasteiger partial charge < -0.3 is 10.6 Å². The van der Waals surface area contributed by atoms with Crippen LogP contribution >= 0.6 is 11.8 Å². The van der Waals surface area contributed by atoms with E-state index in [9.17, 15) is 8.42 Å². The second kappa shape index (κ2) is 11.9. The minimum atomic E-state index is -3.14. The Morgan fingerprint density at radius 2 is 1.66 bits per heavy atom. The molecule has 0 bridgehead atoms. The molecule has 0 aliphatic rings. The Bertz CT molecular complexity index is 877. The molecule has 0 aromatic heterocycles. The monoisotopic (exact) mass is 433 g/mol. The Balaban J connectivity index is 1.73. The third-order valence-corrected chi connectivity index (χ3v) is 6.43. The number of hydrogen-bond acceptors (Lipinski definition) is 4. The number of rotatable bonds is 10. The van der Waals surface area contributed by atoms with Gasteiger partial charge in [-0.1, -0.05) is 42.0 Å². The van der Waals surface area contributed by atoms with Crippen LogP contribution < -0.4 is 10.6 Å². The Morgan fingerprint density at radius 3 is 2.28 bits per heavy atom. The first-order chi connectivity index (χ1) is 13.9. The fourth-order valence-electron chi connectivity index (χ4n) is 2.67. The summed E-state index contributed by atoms with van der Waals surface area (Å²) in [5, 5.41) is 6.60. The van der Waals surface area contributed by atoms with Gasteiger partial charge in [0.2, 0.25) is 0 Å². The van der Waals surface area contributed by atoms with Gasteiger partial charge in [-0.3, -0.25) is 4.99 Å². The third-order valence-electron chi connectivity index (χ3n) is 4.30. The summed E-state index contributed by atoms with van der Waals surface area (Å²) in [6.45, 7) is 6.46. The molecule has 0 saturated heterocycles. The second-order valence-corrected chi connectivity index (χ2v) is 10.0. The first-order valence-corrected chi connectivity index (χ1v) is 12.9. The lowest BCUT2D eigenvalue weighted by Crippen LogP contribution is -2.38. The molecule has 29 heavy (non-hydrogen) atoms. The molecule has 2 N–H and O–H groups in total. The number of thioether (sulfide) groups is 1. The van der Waals surface area contributed by atoms with Gasteiger partial charge in [0.05, 0.1) is 11.4 Å². The van der Waals surface area contributed by atoms with Gasteiger partial charge in [0, 0.05) is 30.9 Å². The quantitative estimate of drug-likeness (QED) is 0.341. The number of sulfone groups is 1. The summed E-state index contributed by atoms with van der Waals surface area (Å²) < 4.78 is 23.0. The van der Waals surface area contributed by atoms with Crippen LogP contribution in [0.3, 0.4) is 0 Å². The molecule has 0 unspecified atom stereocenters. The highest BCUT2D eigenvalue weighted by Gasteiger charge is 2.06. The van der Waals surface area contributed by atoms with Gasteiger partial charge in [0.1, 0.15) is 0 Å². The van der Waals surface area contributed by atoms with Crippen LogP contribution in [0.15, 0.2) is 58.4 Å². The molecular formula is C22H31N3O2S2. The Hall–Kier alpha value is -1.99. The van der Waals surface area contributed by atoms with Crippen molar-refractivity contribution in [3.63, 3.8) is 0 Å². The van der Waals surface area contributed by atoms with E-state index in [4.69, 9.17) is 0 Å². The van der Waals surface area contributed by atoms with Crippen molar-refractivity contribution in [2.45, 2.75) is 30.9 Å². The molecule has 5 nitrogen and oxygen atoms in total. The predicted octanol–water partition coefficient (Wildman–Crippen LogP) is 3.43. The van der Waals surface area contributed by atoms with Crippen molar-refractivity contribution in [2.75, 3.05) is 31.6 Å². The van der Waals surface area contributed by atoms with Crippen LogP contribution in [-0.4, -0.2) is 46.0 Å². The van der Waals surface area contributed by atoms with Crippen molar-refractivity contribution in [1.82, 2.24) is 10.6 Å². The van der Waals surface area contributed by atoms with Crippen molar-refractivity contribution in [1.29, 1.82) is 0 Å². The molecular weight excluding hydrogens is 402 g/mol. The summed E-state index contributed by atoms with van der Waals surface area (Å²) in [6.07, 6.45) is 2.03. The number of guanidine groups is 1. The highest BCUT2D eigenvalue weighted by molar-refractivity contribution is 7.98. The molecule has 0 aliphatic heterocycles.